The number of halogens is 1. The molecule has 2 heterocycles. The number of carbonyl (C=O) groups excluding carboxylic acids is 2. The fourth-order valence-electron chi connectivity index (χ4n) is 3.57. The lowest BCUT2D eigenvalue weighted by Gasteiger charge is -2.17. The monoisotopic (exact) mass is 469 g/mol. The highest BCUT2D eigenvalue weighted by atomic mass is 19.1. The molecule has 3 N–H and O–H groups in total. The minimum atomic E-state index is -1.22. The number of nitrogens with zero attached hydrogens (tertiary/aromatic N) is 1. The van der Waals surface area contributed by atoms with Crippen molar-refractivity contribution in [2.24, 2.45) is 0 Å². The van der Waals surface area contributed by atoms with Crippen LogP contribution in [0.25, 0.3) is 28.2 Å². The highest BCUT2D eigenvalue weighted by Crippen LogP contribution is 2.34. The summed E-state index contributed by atoms with van der Waals surface area (Å²) in [5.41, 5.74) is 0.530. The van der Waals surface area contributed by atoms with Gasteiger partial charge in [-0.2, -0.15) is 0 Å². The molecule has 9 nitrogen and oxygen atoms in total. The second kappa shape index (κ2) is 10.3. The number of methoxy groups -OCH3 is 1. The Bertz CT molecular complexity index is 1370. The summed E-state index contributed by atoms with van der Waals surface area (Å²) in [5.74, 6) is -1.83. The van der Waals surface area contributed by atoms with Gasteiger partial charge in [0.2, 0.25) is 0 Å². The van der Waals surface area contributed by atoms with Crippen molar-refractivity contribution in [3.8, 4) is 11.1 Å². The van der Waals surface area contributed by atoms with Crippen molar-refractivity contribution in [2.45, 2.75) is 38.7 Å². The molecule has 0 spiro atoms. The van der Waals surface area contributed by atoms with Crippen molar-refractivity contribution in [2.75, 3.05) is 7.11 Å². The smallest absolute Gasteiger partial charge is 0.327 e. The van der Waals surface area contributed by atoms with Crippen molar-refractivity contribution in [3.63, 3.8) is 0 Å². The molecule has 0 aliphatic heterocycles. The molecule has 0 saturated heterocycles. The number of Topliss-reactive ketones (excluding diaryl/α,β-unsaturated/α-hetero) is 1. The molecule has 3 rings (SSSR count). The molecule has 0 aliphatic carbocycles. The van der Waals surface area contributed by atoms with Crippen molar-refractivity contribution in [1.82, 2.24) is 15.0 Å². The van der Waals surface area contributed by atoms with Crippen LogP contribution in [-0.4, -0.2) is 45.0 Å². The zero-order valence-electron chi connectivity index (χ0n) is 18.8. The Morgan fingerprint density at radius 2 is 1.85 bits per heavy atom. The summed E-state index contributed by atoms with van der Waals surface area (Å²) >= 11 is 0. The van der Waals surface area contributed by atoms with E-state index in [1.54, 1.807) is 0 Å². The number of hydrogen-bond donors (Lipinski definition) is 3. The van der Waals surface area contributed by atoms with E-state index in [0.29, 0.717) is 22.4 Å². The fourth-order valence-corrected chi connectivity index (χ4v) is 3.57. The van der Waals surface area contributed by atoms with Gasteiger partial charge in [-0.15, -0.1) is 0 Å². The van der Waals surface area contributed by atoms with Crippen LogP contribution in [0, 0.1) is 5.82 Å². The topological polar surface area (TPSA) is 142 Å². The highest BCUT2D eigenvalue weighted by Gasteiger charge is 2.21. The first kappa shape index (κ1) is 24.7. The molecule has 1 unspecified atom stereocenters. The number of nitrogens with one attached hydrogen (secondary N) is 2. The summed E-state index contributed by atoms with van der Waals surface area (Å²) in [6, 6.07) is 5.47. The normalized spacial score (nSPS) is 12.4. The van der Waals surface area contributed by atoms with E-state index < -0.39 is 41.3 Å². The minimum absolute atomic E-state index is 0.0720. The number of pyridine rings is 1. The van der Waals surface area contributed by atoms with E-state index >= 15 is 0 Å². The maximum absolute atomic E-state index is 13.6. The Hall–Kier alpha value is -3.92. The third-order valence-electron chi connectivity index (χ3n) is 5.12. The molecule has 178 valence electrons. The van der Waals surface area contributed by atoms with Crippen LogP contribution < -0.4 is 11.2 Å². The lowest BCUT2D eigenvalue weighted by Crippen LogP contribution is -2.24. The largest absolute Gasteiger partial charge is 0.469 e. The number of benzene rings is 1. The number of aliphatic hydroxyl groups excluding tert-OH is 1. The summed E-state index contributed by atoms with van der Waals surface area (Å²) in [6.07, 6.45) is 0.893. The van der Waals surface area contributed by atoms with Gasteiger partial charge in [-0.25, -0.2) is 14.2 Å². The first-order chi connectivity index (χ1) is 16.1. The van der Waals surface area contributed by atoms with Gasteiger partial charge in [0, 0.05) is 17.5 Å². The van der Waals surface area contributed by atoms with E-state index in [4.69, 9.17) is 0 Å². The Kier molecular flexibility index (Phi) is 7.52. The molecule has 0 bridgehead atoms. The number of carbonyl (C=O) groups is 2. The third kappa shape index (κ3) is 5.52. The van der Waals surface area contributed by atoms with E-state index in [1.165, 1.54) is 36.4 Å². The SMILES string of the molecule is COC(=O)CC(=O)CC(O)/C=C/c1c(C(C)C)nc2[nH]c(=O)[nH]c(=O)c2c1-c1ccc(F)cc1. The molecular weight excluding hydrogens is 445 g/mol. The van der Waals surface area contributed by atoms with Crippen LogP contribution in [0.5, 0.6) is 0 Å². The highest BCUT2D eigenvalue weighted by molar-refractivity contribution is 5.98. The van der Waals surface area contributed by atoms with Gasteiger partial charge in [-0.1, -0.05) is 38.1 Å². The van der Waals surface area contributed by atoms with Crippen molar-refractivity contribution >= 4 is 28.9 Å². The maximum atomic E-state index is 13.6. The summed E-state index contributed by atoms with van der Waals surface area (Å²) in [7, 11) is 1.16. The molecule has 0 amide bonds. The van der Waals surface area contributed by atoms with Crippen molar-refractivity contribution in [1.29, 1.82) is 0 Å². The molecule has 2 aromatic heterocycles. The minimum Gasteiger partial charge on any atom is -0.469 e. The van der Waals surface area contributed by atoms with Gasteiger partial charge in [-0.3, -0.25) is 24.4 Å². The third-order valence-corrected chi connectivity index (χ3v) is 5.12. The second-order valence-electron chi connectivity index (χ2n) is 8.00. The zero-order chi connectivity index (χ0) is 25.0. The van der Waals surface area contributed by atoms with Gasteiger partial charge in [-0.05, 0) is 23.6 Å². The van der Waals surface area contributed by atoms with Gasteiger partial charge < -0.3 is 9.84 Å². The summed E-state index contributed by atoms with van der Waals surface area (Å²) in [6.45, 7) is 3.73. The van der Waals surface area contributed by atoms with Crippen LogP contribution in [-0.2, 0) is 14.3 Å². The Labute approximate surface area is 193 Å². The molecule has 0 fully saturated rings. The fraction of sp³-hybridized carbons (Fsp3) is 0.292. The van der Waals surface area contributed by atoms with Crippen molar-refractivity contribution < 1.29 is 23.8 Å². The summed E-state index contributed by atoms with van der Waals surface area (Å²) in [4.78, 5) is 57.0. The standard InChI is InChI=1S/C24H24FN3O6/c1-12(2)21-17(9-8-15(29)10-16(30)11-18(31)34-3)19(13-4-6-14(25)7-5-13)20-22(26-21)27-24(33)28-23(20)32/h4-9,12,15,29H,10-11H2,1-3H3,(H2,26,27,28,32,33)/b9-8+. The van der Waals surface area contributed by atoms with E-state index in [9.17, 15) is 28.7 Å². The average molecular weight is 469 g/mol. The predicted molar refractivity (Wildman–Crippen MR) is 124 cm³/mol. The van der Waals surface area contributed by atoms with E-state index in [1.807, 2.05) is 13.8 Å². The number of aromatic amines is 2. The molecule has 10 heteroatoms. The summed E-state index contributed by atoms with van der Waals surface area (Å²) < 4.78 is 18.1. The second-order valence-corrected chi connectivity index (χ2v) is 8.00. The van der Waals surface area contributed by atoms with E-state index in [2.05, 4.69) is 19.7 Å². The lowest BCUT2D eigenvalue weighted by molar-refractivity contribution is -0.143. The first-order valence-corrected chi connectivity index (χ1v) is 10.5. The van der Waals surface area contributed by atoms with Gasteiger partial charge in [0.1, 0.15) is 23.7 Å². The molecule has 3 aromatic rings. The lowest BCUT2D eigenvalue weighted by atomic mass is 9.91. The van der Waals surface area contributed by atoms with E-state index in [-0.39, 0.29) is 23.4 Å². The number of esters is 1. The number of ether oxygens (including phenoxy) is 1. The number of hydrogen-bond acceptors (Lipinski definition) is 7. The Morgan fingerprint density at radius 3 is 2.47 bits per heavy atom. The van der Waals surface area contributed by atoms with Crippen LogP contribution in [0.4, 0.5) is 4.39 Å². The van der Waals surface area contributed by atoms with Gasteiger partial charge in [0.25, 0.3) is 5.56 Å². The summed E-state index contributed by atoms with van der Waals surface area (Å²) in [5, 5.41) is 10.4. The average Bonchev–Trinajstić information content (AvgIpc) is 2.77. The quantitative estimate of drug-likeness (QED) is 0.340. The van der Waals surface area contributed by atoms with Crippen LogP contribution >= 0.6 is 0 Å². The number of H-pyrrole nitrogens is 2. The number of aromatic nitrogens is 3. The zero-order valence-corrected chi connectivity index (χ0v) is 18.8. The van der Waals surface area contributed by atoms with Gasteiger partial charge in [0.15, 0.2) is 0 Å². The molecule has 34 heavy (non-hydrogen) atoms. The van der Waals surface area contributed by atoms with Gasteiger partial charge in [0.05, 0.1) is 24.3 Å². The van der Waals surface area contributed by atoms with Crippen LogP contribution in [0.3, 0.4) is 0 Å². The molecule has 1 aromatic carbocycles. The molecule has 0 aliphatic rings. The van der Waals surface area contributed by atoms with Crippen molar-refractivity contribution in [3.05, 3.63) is 68.3 Å². The van der Waals surface area contributed by atoms with Gasteiger partial charge >= 0.3 is 11.7 Å². The Balaban J connectivity index is 2.19. The molecule has 0 radical (unpaired) electrons. The number of ketones is 1. The van der Waals surface area contributed by atoms with Crippen LogP contribution in [0.2, 0.25) is 0 Å². The Morgan fingerprint density at radius 1 is 1.18 bits per heavy atom. The van der Waals surface area contributed by atoms with Crippen LogP contribution in [0.15, 0.2) is 39.9 Å². The molecule has 1 atom stereocenters. The molecule has 0 saturated carbocycles. The van der Waals surface area contributed by atoms with E-state index in [0.717, 1.165) is 7.11 Å². The van der Waals surface area contributed by atoms with Crippen LogP contribution in [0.1, 0.15) is 43.9 Å². The number of fused-ring (bicyclic) bond motifs is 1. The predicted octanol–water partition coefficient (Wildman–Crippen LogP) is 2.44. The molecular formula is C24H24FN3O6. The number of aliphatic hydroxyl groups is 1. The number of rotatable bonds is 8. The maximum Gasteiger partial charge on any atom is 0.327 e. The first-order valence-electron chi connectivity index (χ1n) is 10.5.